The molecule has 0 N–H and O–H groups in total. The van der Waals surface area contributed by atoms with E-state index in [1.165, 1.54) is 0 Å². The summed E-state index contributed by atoms with van der Waals surface area (Å²) in [4.78, 5) is 14.3. The summed E-state index contributed by atoms with van der Waals surface area (Å²) in [5.74, 6) is -0.141. The van der Waals surface area contributed by atoms with Gasteiger partial charge in [0, 0.05) is 21.1 Å². The highest BCUT2D eigenvalue weighted by molar-refractivity contribution is 9.10. The standard InChI is InChI=1S/C14H14BrClN2O/c1-14(2,8-17)18(12-3-4-12)13(19)9-5-10(15)7-11(16)6-9/h5-7,12H,3-4H2,1-2H3. The average Bonchev–Trinajstić information content (AvgIpc) is 3.12. The zero-order valence-electron chi connectivity index (χ0n) is 10.8. The lowest BCUT2D eigenvalue weighted by Gasteiger charge is -2.33. The minimum absolute atomic E-state index is 0.141. The number of carbonyl (C=O) groups excluding carboxylic acids is 1. The van der Waals surface area contributed by atoms with E-state index >= 15 is 0 Å². The first-order chi connectivity index (χ1) is 8.85. The molecule has 0 aliphatic heterocycles. The Balaban J connectivity index is 2.38. The highest BCUT2D eigenvalue weighted by atomic mass is 79.9. The smallest absolute Gasteiger partial charge is 0.255 e. The molecule has 0 saturated heterocycles. The molecule has 1 aliphatic carbocycles. The fraction of sp³-hybridized carbons (Fsp3) is 0.429. The Morgan fingerprint density at radius 2 is 2.11 bits per heavy atom. The fourth-order valence-corrected chi connectivity index (χ4v) is 2.94. The second-order valence-electron chi connectivity index (χ2n) is 5.24. The molecule has 0 radical (unpaired) electrons. The summed E-state index contributed by atoms with van der Waals surface area (Å²) in [6.45, 7) is 3.53. The van der Waals surface area contributed by atoms with Gasteiger partial charge in [-0.2, -0.15) is 5.26 Å². The summed E-state index contributed by atoms with van der Waals surface area (Å²) in [6.07, 6.45) is 1.91. The second-order valence-corrected chi connectivity index (χ2v) is 6.59. The predicted molar refractivity (Wildman–Crippen MR) is 78.0 cm³/mol. The number of nitrogens with zero attached hydrogens (tertiary/aromatic N) is 2. The van der Waals surface area contributed by atoms with Gasteiger partial charge in [0.05, 0.1) is 6.07 Å². The third-order valence-corrected chi connectivity index (χ3v) is 3.79. The summed E-state index contributed by atoms with van der Waals surface area (Å²) in [5, 5.41) is 9.77. The molecule has 1 aromatic carbocycles. The van der Waals surface area contributed by atoms with E-state index < -0.39 is 5.54 Å². The number of halogens is 2. The van der Waals surface area contributed by atoms with E-state index in [9.17, 15) is 10.1 Å². The molecule has 1 saturated carbocycles. The second kappa shape index (κ2) is 5.15. The van der Waals surface area contributed by atoms with Crippen molar-refractivity contribution in [3.8, 4) is 6.07 Å². The summed E-state index contributed by atoms with van der Waals surface area (Å²) in [7, 11) is 0. The van der Waals surface area contributed by atoms with Gasteiger partial charge < -0.3 is 4.90 Å². The molecule has 100 valence electrons. The van der Waals surface area contributed by atoms with Crippen molar-refractivity contribution in [3.63, 3.8) is 0 Å². The normalized spacial score (nSPS) is 14.9. The van der Waals surface area contributed by atoms with E-state index in [1.54, 1.807) is 36.9 Å². The lowest BCUT2D eigenvalue weighted by atomic mass is 10.0. The maximum absolute atomic E-state index is 12.6. The van der Waals surface area contributed by atoms with Crippen molar-refractivity contribution in [3.05, 3.63) is 33.3 Å². The van der Waals surface area contributed by atoms with E-state index in [2.05, 4.69) is 22.0 Å². The maximum atomic E-state index is 12.6. The maximum Gasteiger partial charge on any atom is 0.255 e. The van der Waals surface area contributed by atoms with Crippen LogP contribution in [0.25, 0.3) is 0 Å². The molecule has 3 nitrogen and oxygen atoms in total. The van der Waals surface area contributed by atoms with Crippen LogP contribution in [-0.2, 0) is 0 Å². The molecule has 0 unspecified atom stereocenters. The van der Waals surface area contributed by atoms with Gasteiger partial charge in [-0.15, -0.1) is 0 Å². The first kappa shape index (κ1) is 14.4. The van der Waals surface area contributed by atoms with Crippen molar-refractivity contribution in [2.75, 3.05) is 0 Å². The number of hydrogen-bond acceptors (Lipinski definition) is 2. The largest absolute Gasteiger partial charge is 0.317 e. The van der Waals surface area contributed by atoms with Gasteiger partial charge in [-0.1, -0.05) is 27.5 Å². The number of carbonyl (C=O) groups is 1. The Hall–Kier alpha value is -1.05. The molecular formula is C14H14BrClN2O. The highest BCUT2D eigenvalue weighted by Crippen LogP contribution is 2.34. The predicted octanol–water partition coefficient (Wildman–Crippen LogP) is 4.01. The zero-order chi connectivity index (χ0) is 14.2. The minimum Gasteiger partial charge on any atom is -0.317 e. The summed E-state index contributed by atoms with van der Waals surface area (Å²) in [6, 6.07) is 7.47. The van der Waals surface area contributed by atoms with Crippen molar-refractivity contribution in [1.29, 1.82) is 5.26 Å². The molecule has 5 heteroatoms. The van der Waals surface area contributed by atoms with E-state index in [0.717, 1.165) is 17.3 Å². The van der Waals surface area contributed by atoms with Gasteiger partial charge in [-0.05, 0) is 44.9 Å². The van der Waals surface area contributed by atoms with Crippen LogP contribution in [0.15, 0.2) is 22.7 Å². The van der Waals surface area contributed by atoms with Crippen LogP contribution in [0, 0.1) is 11.3 Å². The topological polar surface area (TPSA) is 44.1 Å². The van der Waals surface area contributed by atoms with Gasteiger partial charge in [0.1, 0.15) is 5.54 Å². The van der Waals surface area contributed by atoms with Crippen LogP contribution in [0.4, 0.5) is 0 Å². The zero-order valence-corrected chi connectivity index (χ0v) is 13.1. The van der Waals surface area contributed by atoms with Crippen LogP contribution in [0.1, 0.15) is 37.0 Å². The molecule has 1 aromatic rings. The number of hydrogen-bond donors (Lipinski definition) is 0. The molecule has 0 atom stereocenters. The van der Waals surface area contributed by atoms with E-state index in [1.807, 2.05) is 0 Å². The molecule has 2 rings (SSSR count). The minimum atomic E-state index is -0.812. The Labute approximate surface area is 126 Å². The van der Waals surface area contributed by atoms with E-state index in [4.69, 9.17) is 11.6 Å². The number of amides is 1. The fourth-order valence-electron chi connectivity index (χ4n) is 2.08. The first-order valence-corrected chi connectivity index (χ1v) is 7.23. The molecule has 1 aliphatic rings. The van der Waals surface area contributed by atoms with Crippen molar-refractivity contribution < 1.29 is 4.79 Å². The first-order valence-electron chi connectivity index (χ1n) is 6.06. The van der Waals surface area contributed by atoms with Crippen LogP contribution in [0.3, 0.4) is 0 Å². The highest BCUT2D eigenvalue weighted by Gasteiger charge is 2.42. The molecular weight excluding hydrogens is 328 g/mol. The number of rotatable bonds is 3. The van der Waals surface area contributed by atoms with Crippen molar-refractivity contribution >= 4 is 33.4 Å². The molecule has 19 heavy (non-hydrogen) atoms. The van der Waals surface area contributed by atoms with Crippen LogP contribution < -0.4 is 0 Å². The quantitative estimate of drug-likeness (QED) is 0.834. The third-order valence-electron chi connectivity index (χ3n) is 3.12. The van der Waals surface area contributed by atoms with Gasteiger partial charge in [-0.3, -0.25) is 4.79 Å². The number of benzene rings is 1. The number of nitriles is 1. The van der Waals surface area contributed by atoms with Crippen molar-refractivity contribution in [2.45, 2.75) is 38.3 Å². The van der Waals surface area contributed by atoms with Crippen LogP contribution in [-0.4, -0.2) is 22.4 Å². The molecule has 0 heterocycles. The average molecular weight is 342 g/mol. The summed E-state index contributed by atoms with van der Waals surface area (Å²) in [5.41, 5.74) is -0.304. The van der Waals surface area contributed by atoms with Crippen molar-refractivity contribution in [2.24, 2.45) is 0 Å². The Kier molecular flexibility index (Phi) is 3.89. The van der Waals surface area contributed by atoms with Crippen LogP contribution >= 0.6 is 27.5 Å². The molecule has 0 spiro atoms. The van der Waals surface area contributed by atoms with Gasteiger partial charge in [-0.25, -0.2) is 0 Å². The van der Waals surface area contributed by atoms with Crippen molar-refractivity contribution in [1.82, 2.24) is 4.90 Å². The Morgan fingerprint density at radius 3 is 2.58 bits per heavy atom. The SMILES string of the molecule is CC(C)(C#N)N(C(=O)c1cc(Cl)cc(Br)c1)C1CC1. The van der Waals surface area contributed by atoms with Gasteiger partial charge >= 0.3 is 0 Å². The summed E-state index contributed by atoms with van der Waals surface area (Å²) >= 11 is 9.31. The Morgan fingerprint density at radius 1 is 1.47 bits per heavy atom. The molecule has 1 fully saturated rings. The van der Waals surface area contributed by atoms with E-state index in [-0.39, 0.29) is 11.9 Å². The molecule has 0 bridgehead atoms. The van der Waals surface area contributed by atoms with Crippen LogP contribution in [0.2, 0.25) is 5.02 Å². The van der Waals surface area contributed by atoms with Gasteiger partial charge in [0.25, 0.3) is 5.91 Å². The third kappa shape index (κ3) is 3.10. The monoisotopic (exact) mass is 340 g/mol. The van der Waals surface area contributed by atoms with E-state index in [0.29, 0.717) is 10.6 Å². The lowest BCUT2D eigenvalue weighted by Crippen LogP contribution is -2.48. The van der Waals surface area contributed by atoms with Gasteiger partial charge in [0.15, 0.2) is 0 Å². The summed E-state index contributed by atoms with van der Waals surface area (Å²) < 4.78 is 0.758. The van der Waals surface area contributed by atoms with Gasteiger partial charge in [0.2, 0.25) is 0 Å². The van der Waals surface area contributed by atoms with Crippen LogP contribution in [0.5, 0.6) is 0 Å². The molecule has 0 aromatic heterocycles. The molecule has 1 amide bonds. The lowest BCUT2D eigenvalue weighted by molar-refractivity contribution is 0.0615. The Bertz CT molecular complexity index is 541.